The van der Waals surface area contributed by atoms with Gasteiger partial charge in [-0.1, -0.05) is 29.8 Å². The van der Waals surface area contributed by atoms with E-state index in [9.17, 15) is 14.4 Å². The number of hydrogen-bond donors (Lipinski definition) is 1. The molecule has 30 heavy (non-hydrogen) atoms. The zero-order chi connectivity index (χ0) is 21.1. The normalized spacial score (nSPS) is 15.2. The molecule has 0 aliphatic carbocycles. The molecular formula is C21H17N3O4S2. The lowest BCUT2D eigenvalue weighted by molar-refractivity contribution is -0.122. The minimum Gasteiger partial charge on any atom is -0.462 e. The lowest BCUT2D eigenvalue weighted by Gasteiger charge is -2.12. The van der Waals surface area contributed by atoms with Crippen LogP contribution < -0.4 is 5.32 Å². The van der Waals surface area contributed by atoms with E-state index in [0.717, 1.165) is 27.8 Å². The molecule has 0 saturated carbocycles. The first-order chi connectivity index (χ1) is 14.5. The quantitative estimate of drug-likeness (QED) is 0.580. The second-order valence-electron chi connectivity index (χ2n) is 6.52. The topological polar surface area (TPSA) is 92.5 Å². The van der Waals surface area contributed by atoms with Crippen molar-refractivity contribution in [1.82, 2.24) is 15.2 Å². The summed E-state index contributed by atoms with van der Waals surface area (Å²) in [5, 5.41) is 4.60. The molecule has 7 nitrogen and oxygen atoms in total. The SMILES string of the molecule is Cc1ccc(/C=C2\SC(=O)N(CCNC(=O)c3csc(-c4ccco4)n3)C2=O)cc1. The Kier molecular flexibility index (Phi) is 5.82. The summed E-state index contributed by atoms with van der Waals surface area (Å²) in [6.07, 6.45) is 3.24. The Morgan fingerprint density at radius 3 is 2.77 bits per heavy atom. The van der Waals surface area contributed by atoms with Crippen molar-refractivity contribution in [2.24, 2.45) is 0 Å². The Bertz CT molecular complexity index is 1120. The van der Waals surface area contributed by atoms with Crippen LogP contribution in [-0.4, -0.2) is 40.0 Å². The third-order valence-electron chi connectivity index (χ3n) is 4.34. The fourth-order valence-electron chi connectivity index (χ4n) is 2.77. The molecule has 0 radical (unpaired) electrons. The van der Waals surface area contributed by atoms with E-state index in [-0.39, 0.29) is 35.8 Å². The number of aromatic nitrogens is 1. The molecule has 1 N–H and O–H groups in total. The highest BCUT2D eigenvalue weighted by molar-refractivity contribution is 8.18. The van der Waals surface area contributed by atoms with E-state index in [1.807, 2.05) is 31.2 Å². The van der Waals surface area contributed by atoms with Gasteiger partial charge in [-0.2, -0.15) is 0 Å². The van der Waals surface area contributed by atoms with Crippen molar-refractivity contribution in [1.29, 1.82) is 0 Å². The molecule has 9 heteroatoms. The smallest absolute Gasteiger partial charge is 0.293 e. The maximum atomic E-state index is 12.5. The summed E-state index contributed by atoms with van der Waals surface area (Å²) in [6, 6.07) is 11.2. The van der Waals surface area contributed by atoms with Gasteiger partial charge >= 0.3 is 0 Å². The highest BCUT2D eigenvalue weighted by Crippen LogP contribution is 2.32. The van der Waals surface area contributed by atoms with E-state index in [0.29, 0.717) is 15.7 Å². The predicted octanol–water partition coefficient (Wildman–Crippen LogP) is 4.18. The molecule has 0 atom stereocenters. The first-order valence-electron chi connectivity index (χ1n) is 9.11. The van der Waals surface area contributed by atoms with Gasteiger partial charge in [-0.25, -0.2) is 4.98 Å². The van der Waals surface area contributed by atoms with E-state index in [2.05, 4.69) is 10.3 Å². The molecule has 1 aliphatic heterocycles. The van der Waals surface area contributed by atoms with Gasteiger partial charge in [-0.15, -0.1) is 11.3 Å². The van der Waals surface area contributed by atoms with Crippen molar-refractivity contribution >= 4 is 46.2 Å². The van der Waals surface area contributed by atoms with E-state index in [1.54, 1.807) is 29.9 Å². The Balaban J connectivity index is 1.33. The molecule has 1 aliphatic rings. The number of furan rings is 1. The number of carbonyl (C=O) groups is 3. The first kappa shape index (κ1) is 20.1. The number of imide groups is 1. The summed E-state index contributed by atoms with van der Waals surface area (Å²) < 4.78 is 5.27. The molecule has 3 heterocycles. The largest absolute Gasteiger partial charge is 0.462 e. The second kappa shape index (κ2) is 8.68. The number of benzene rings is 1. The van der Waals surface area contributed by atoms with Gasteiger partial charge in [0.2, 0.25) is 0 Å². The number of aryl methyl sites for hydroxylation is 1. The zero-order valence-corrected chi connectivity index (χ0v) is 17.6. The van der Waals surface area contributed by atoms with Crippen LogP contribution in [0, 0.1) is 6.92 Å². The van der Waals surface area contributed by atoms with Crippen LogP contribution in [0.5, 0.6) is 0 Å². The summed E-state index contributed by atoms with van der Waals surface area (Å²) in [4.78, 5) is 42.8. The Labute approximate surface area is 180 Å². The maximum Gasteiger partial charge on any atom is 0.293 e. The average molecular weight is 440 g/mol. The number of thioether (sulfide) groups is 1. The Morgan fingerprint density at radius 2 is 2.03 bits per heavy atom. The van der Waals surface area contributed by atoms with Crippen LogP contribution in [0.2, 0.25) is 0 Å². The number of hydrogen-bond acceptors (Lipinski definition) is 7. The van der Waals surface area contributed by atoms with Crippen molar-refractivity contribution in [3.8, 4) is 10.8 Å². The summed E-state index contributed by atoms with van der Waals surface area (Å²) in [7, 11) is 0. The molecule has 3 amide bonds. The van der Waals surface area contributed by atoms with Gasteiger partial charge in [0.25, 0.3) is 17.1 Å². The molecule has 3 aromatic rings. The van der Waals surface area contributed by atoms with Gasteiger partial charge in [0.1, 0.15) is 5.69 Å². The van der Waals surface area contributed by atoms with Crippen LogP contribution in [0.4, 0.5) is 4.79 Å². The number of rotatable bonds is 6. The highest BCUT2D eigenvalue weighted by atomic mass is 32.2. The van der Waals surface area contributed by atoms with Crippen LogP contribution in [-0.2, 0) is 4.79 Å². The molecular weight excluding hydrogens is 422 g/mol. The van der Waals surface area contributed by atoms with E-state index >= 15 is 0 Å². The van der Waals surface area contributed by atoms with Crippen LogP contribution in [0.1, 0.15) is 21.6 Å². The number of nitrogens with zero attached hydrogens (tertiary/aromatic N) is 2. The molecule has 0 spiro atoms. The fraction of sp³-hybridized carbons (Fsp3) is 0.143. The number of nitrogens with one attached hydrogen (secondary N) is 1. The second-order valence-corrected chi connectivity index (χ2v) is 8.37. The molecule has 152 valence electrons. The van der Waals surface area contributed by atoms with Crippen LogP contribution in [0.3, 0.4) is 0 Å². The fourth-order valence-corrected chi connectivity index (χ4v) is 4.40. The van der Waals surface area contributed by atoms with Gasteiger partial charge < -0.3 is 9.73 Å². The molecule has 2 aromatic heterocycles. The molecule has 1 aromatic carbocycles. The van der Waals surface area contributed by atoms with Gasteiger partial charge in [0.15, 0.2) is 10.8 Å². The molecule has 0 unspecified atom stereocenters. The number of amides is 3. The third-order valence-corrected chi connectivity index (χ3v) is 6.10. The molecule has 4 rings (SSSR count). The molecule has 1 fully saturated rings. The number of carbonyl (C=O) groups excluding carboxylic acids is 3. The van der Waals surface area contributed by atoms with Crippen molar-refractivity contribution in [2.75, 3.05) is 13.1 Å². The standard InChI is InChI=1S/C21H17N3O4S2/c1-13-4-6-14(7-5-13)11-17-20(26)24(21(27)30-17)9-8-22-18(25)15-12-29-19(23-15)16-3-2-10-28-16/h2-7,10-12H,8-9H2,1H3,(H,22,25)/b17-11-. The average Bonchev–Trinajstić information content (AvgIpc) is 3.47. The Hall–Kier alpha value is -3.17. The summed E-state index contributed by atoms with van der Waals surface area (Å²) in [5.41, 5.74) is 2.24. The minimum atomic E-state index is -0.369. The van der Waals surface area contributed by atoms with Crippen LogP contribution >= 0.6 is 23.1 Å². The summed E-state index contributed by atoms with van der Waals surface area (Å²) in [6.45, 7) is 2.22. The summed E-state index contributed by atoms with van der Waals surface area (Å²) in [5.74, 6) is -0.128. The number of thiazole rings is 1. The van der Waals surface area contributed by atoms with Crippen LogP contribution in [0.25, 0.3) is 16.8 Å². The van der Waals surface area contributed by atoms with Crippen molar-refractivity contribution in [2.45, 2.75) is 6.92 Å². The lowest BCUT2D eigenvalue weighted by atomic mass is 10.1. The van der Waals surface area contributed by atoms with E-state index < -0.39 is 0 Å². The van der Waals surface area contributed by atoms with Gasteiger partial charge in [0, 0.05) is 18.5 Å². The first-order valence-corrected chi connectivity index (χ1v) is 10.8. The molecule has 1 saturated heterocycles. The van der Waals surface area contributed by atoms with Gasteiger partial charge in [-0.3, -0.25) is 19.3 Å². The van der Waals surface area contributed by atoms with Crippen molar-refractivity contribution in [3.63, 3.8) is 0 Å². The van der Waals surface area contributed by atoms with Crippen molar-refractivity contribution in [3.05, 3.63) is 69.8 Å². The molecule has 0 bridgehead atoms. The van der Waals surface area contributed by atoms with E-state index in [1.165, 1.54) is 11.3 Å². The minimum absolute atomic E-state index is 0.0941. The Morgan fingerprint density at radius 1 is 1.23 bits per heavy atom. The third kappa shape index (κ3) is 4.37. The predicted molar refractivity (Wildman–Crippen MR) is 116 cm³/mol. The zero-order valence-electron chi connectivity index (χ0n) is 16.0. The maximum absolute atomic E-state index is 12.5. The van der Waals surface area contributed by atoms with Crippen molar-refractivity contribution < 1.29 is 18.8 Å². The van der Waals surface area contributed by atoms with Gasteiger partial charge in [0.05, 0.1) is 11.2 Å². The summed E-state index contributed by atoms with van der Waals surface area (Å²) >= 11 is 2.20. The van der Waals surface area contributed by atoms with Gasteiger partial charge in [-0.05, 0) is 42.5 Å². The monoisotopic (exact) mass is 439 g/mol. The highest BCUT2D eigenvalue weighted by Gasteiger charge is 2.34. The van der Waals surface area contributed by atoms with Crippen LogP contribution in [0.15, 0.2) is 57.4 Å². The van der Waals surface area contributed by atoms with E-state index in [4.69, 9.17) is 4.42 Å². The lowest BCUT2D eigenvalue weighted by Crippen LogP contribution is -2.37.